The predicted molar refractivity (Wildman–Crippen MR) is 116 cm³/mol. The number of aliphatic hydroxyl groups is 1. The standard InChI is InChI=1S/C24H24ClFN2O2/c1-24(30)11-5-4-8-20(24)28-23(29)19-13-16(12-15-9-10-21(25)27-14-15)17-6-2-3-7-18(17)22(19)26/h2-3,6-7,9-10,13-14,20,30H,4-5,8,11-12H2,1H3,(H,28,29)/t20-,24+/m0/s1. The number of nitrogens with one attached hydrogen (secondary N) is 1. The van der Waals surface area contributed by atoms with Crippen molar-refractivity contribution in [1.82, 2.24) is 10.3 Å². The predicted octanol–water partition coefficient (Wildman–Crippen LogP) is 5.04. The summed E-state index contributed by atoms with van der Waals surface area (Å²) in [6, 6.07) is 11.9. The highest BCUT2D eigenvalue weighted by Gasteiger charge is 2.36. The number of aromatic nitrogens is 1. The van der Waals surface area contributed by atoms with Crippen molar-refractivity contribution in [2.75, 3.05) is 0 Å². The number of halogens is 2. The molecule has 1 aliphatic rings. The Balaban J connectivity index is 1.71. The van der Waals surface area contributed by atoms with E-state index in [0.29, 0.717) is 29.8 Å². The van der Waals surface area contributed by atoms with Gasteiger partial charge < -0.3 is 10.4 Å². The molecule has 4 nitrogen and oxygen atoms in total. The molecule has 1 aromatic heterocycles. The van der Waals surface area contributed by atoms with Crippen molar-refractivity contribution in [3.05, 3.63) is 76.3 Å². The van der Waals surface area contributed by atoms with E-state index in [1.165, 1.54) is 0 Å². The molecule has 3 aromatic rings. The number of hydrogen-bond donors (Lipinski definition) is 2. The quantitative estimate of drug-likeness (QED) is 0.574. The van der Waals surface area contributed by atoms with Crippen molar-refractivity contribution in [2.24, 2.45) is 0 Å². The smallest absolute Gasteiger partial charge is 0.254 e. The van der Waals surface area contributed by atoms with Crippen molar-refractivity contribution in [2.45, 2.75) is 50.7 Å². The van der Waals surface area contributed by atoms with Gasteiger partial charge in [0.25, 0.3) is 5.91 Å². The minimum absolute atomic E-state index is 0.00741. The van der Waals surface area contributed by atoms with Crippen LogP contribution >= 0.6 is 11.6 Å². The molecule has 4 rings (SSSR count). The van der Waals surface area contributed by atoms with Crippen LogP contribution in [-0.2, 0) is 6.42 Å². The first-order valence-electron chi connectivity index (χ1n) is 10.2. The molecular weight excluding hydrogens is 403 g/mol. The van der Waals surface area contributed by atoms with Crippen LogP contribution in [0.2, 0.25) is 5.15 Å². The van der Waals surface area contributed by atoms with Crippen LogP contribution in [0, 0.1) is 5.82 Å². The highest BCUT2D eigenvalue weighted by molar-refractivity contribution is 6.29. The number of benzene rings is 2. The van der Waals surface area contributed by atoms with Crippen LogP contribution < -0.4 is 5.32 Å². The number of carbonyl (C=O) groups excluding carboxylic acids is 1. The number of hydrogen-bond acceptors (Lipinski definition) is 3. The maximum absolute atomic E-state index is 15.3. The molecule has 1 fully saturated rings. The van der Waals surface area contributed by atoms with Gasteiger partial charge in [-0.15, -0.1) is 0 Å². The summed E-state index contributed by atoms with van der Waals surface area (Å²) in [5, 5.41) is 15.0. The third kappa shape index (κ3) is 4.18. The van der Waals surface area contributed by atoms with Crippen LogP contribution in [-0.4, -0.2) is 27.6 Å². The summed E-state index contributed by atoms with van der Waals surface area (Å²) >= 11 is 5.88. The van der Waals surface area contributed by atoms with Crippen LogP contribution in [0.15, 0.2) is 48.7 Å². The normalized spacial score (nSPS) is 21.5. The third-order valence-corrected chi connectivity index (χ3v) is 6.20. The summed E-state index contributed by atoms with van der Waals surface area (Å²) in [7, 11) is 0. The Kier molecular flexibility index (Phi) is 5.76. The maximum atomic E-state index is 15.3. The fourth-order valence-corrected chi connectivity index (χ4v) is 4.35. The monoisotopic (exact) mass is 426 g/mol. The Morgan fingerprint density at radius 2 is 2.03 bits per heavy atom. The summed E-state index contributed by atoms with van der Waals surface area (Å²) in [4.78, 5) is 17.1. The van der Waals surface area contributed by atoms with E-state index < -0.39 is 23.4 Å². The molecule has 6 heteroatoms. The summed E-state index contributed by atoms with van der Waals surface area (Å²) in [5.41, 5.74) is 0.750. The highest BCUT2D eigenvalue weighted by Crippen LogP contribution is 2.30. The van der Waals surface area contributed by atoms with Gasteiger partial charge in [0.05, 0.1) is 17.2 Å². The van der Waals surface area contributed by atoms with Crippen molar-refractivity contribution >= 4 is 28.3 Å². The van der Waals surface area contributed by atoms with Crippen molar-refractivity contribution in [1.29, 1.82) is 0 Å². The minimum Gasteiger partial charge on any atom is -0.388 e. The molecule has 0 spiro atoms. The molecule has 1 aliphatic carbocycles. The summed E-state index contributed by atoms with van der Waals surface area (Å²) in [6.07, 6.45) is 5.31. The largest absolute Gasteiger partial charge is 0.388 e. The first kappa shape index (κ1) is 20.8. The lowest BCUT2D eigenvalue weighted by Crippen LogP contribution is -2.52. The Bertz CT molecular complexity index is 1080. The number of fused-ring (bicyclic) bond motifs is 1. The number of carbonyl (C=O) groups is 1. The zero-order valence-corrected chi connectivity index (χ0v) is 17.5. The second-order valence-corrected chi connectivity index (χ2v) is 8.63. The molecule has 0 unspecified atom stereocenters. The first-order valence-corrected chi connectivity index (χ1v) is 10.6. The Labute approximate surface area is 180 Å². The van der Waals surface area contributed by atoms with Gasteiger partial charge in [-0.05, 0) is 54.8 Å². The second kappa shape index (κ2) is 8.32. The maximum Gasteiger partial charge on any atom is 0.254 e. The topological polar surface area (TPSA) is 62.2 Å². The molecule has 2 atom stereocenters. The summed E-state index contributed by atoms with van der Waals surface area (Å²) < 4.78 is 15.3. The summed E-state index contributed by atoms with van der Waals surface area (Å²) in [5.74, 6) is -1.04. The average Bonchev–Trinajstić information content (AvgIpc) is 2.73. The Morgan fingerprint density at radius 1 is 1.27 bits per heavy atom. The lowest BCUT2D eigenvalue weighted by Gasteiger charge is -2.37. The van der Waals surface area contributed by atoms with Crippen LogP contribution in [0.3, 0.4) is 0 Å². The lowest BCUT2D eigenvalue weighted by atomic mass is 9.81. The number of nitrogens with zero attached hydrogens (tertiary/aromatic N) is 1. The second-order valence-electron chi connectivity index (χ2n) is 8.24. The van der Waals surface area contributed by atoms with Crippen LogP contribution in [0.4, 0.5) is 4.39 Å². The first-order chi connectivity index (χ1) is 14.3. The van der Waals surface area contributed by atoms with Gasteiger partial charge in [-0.1, -0.05) is 54.8 Å². The van der Waals surface area contributed by atoms with Gasteiger partial charge in [0.1, 0.15) is 11.0 Å². The van der Waals surface area contributed by atoms with Gasteiger partial charge in [-0.3, -0.25) is 4.79 Å². The Hall–Kier alpha value is -2.50. The SMILES string of the molecule is C[C@@]1(O)CCCC[C@@H]1NC(=O)c1cc(Cc2ccc(Cl)nc2)c2ccccc2c1F. The number of pyridine rings is 1. The van der Waals surface area contributed by atoms with Gasteiger partial charge in [-0.2, -0.15) is 0 Å². The Morgan fingerprint density at radius 3 is 2.73 bits per heavy atom. The van der Waals surface area contributed by atoms with Crippen molar-refractivity contribution in [3.8, 4) is 0 Å². The third-order valence-electron chi connectivity index (χ3n) is 5.97. The lowest BCUT2D eigenvalue weighted by molar-refractivity contribution is -0.00866. The molecule has 1 saturated carbocycles. The molecule has 0 saturated heterocycles. The van der Waals surface area contributed by atoms with E-state index in [-0.39, 0.29) is 5.56 Å². The zero-order chi connectivity index (χ0) is 21.3. The van der Waals surface area contributed by atoms with E-state index in [2.05, 4.69) is 10.3 Å². The van der Waals surface area contributed by atoms with Gasteiger partial charge in [0.15, 0.2) is 0 Å². The van der Waals surface area contributed by atoms with Crippen LogP contribution in [0.1, 0.15) is 54.1 Å². The molecule has 1 amide bonds. The van der Waals surface area contributed by atoms with E-state index in [1.54, 1.807) is 37.4 Å². The molecule has 2 N–H and O–H groups in total. The molecule has 2 aromatic carbocycles. The fraction of sp³-hybridized carbons (Fsp3) is 0.333. The number of amides is 1. The van der Waals surface area contributed by atoms with Gasteiger partial charge >= 0.3 is 0 Å². The molecule has 0 aliphatic heterocycles. The average molecular weight is 427 g/mol. The molecule has 156 valence electrons. The van der Waals surface area contributed by atoms with Crippen molar-refractivity contribution < 1.29 is 14.3 Å². The van der Waals surface area contributed by atoms with E-state index in [0.717, 1.165) is 29.4 Å². The molecule has 30 heavy (non-hydrogen) atoms. The highest BCUT2D eigenvalue weighted by atomic mass is 35.5. The van der Waals surface area contributed by atoms with E-state index >= 15 is 4.39 Å². The van der Waals surface area contributed by atoms with Gasteiger partial charge in [0.2, 0.25) is 0 Å². The van der Waals surface area contributed by atoms with E-state index in [1.807, 2.05) is 18.2 Å². The van der Waals surface area contributed by atoms with E-state index in [9.17, 15) is 9.90 Å². The molecule has 0 bridgehead atoms. The van der Waals surface area contributed by atoms with Crippen molar-refractivity contribution in [3.63, 3.8) is 0 Å². The molecule has 0 radical (unpaired) electrons. The van der Waals surface area contributed by atoms with Gasteiger partial charge in [0, 0.05) is 11.6 Å². The molecular formula is C24H24ClFN2O2. The zero-order valence-electron chi connectivity index (χ0n) is 16.8. The van der Waals surface area contributed by atoms with Crippen LogP contribution in [0.5, 0.6) is 0 Å². The fourth-order valence-electron chi connectivity index (χ4n) is 4.24. The van der Waals surface area contributed by atoms with Gasteiger partial charge in [-0.25, -0.2) is 9.37 Å². The molecule has 1 heterocycles. The summed E-state index contributed by atoms with van der Waals surface area (Å²) in [6.45, 7) is 1.73. The number of rotatable bonds is 4. The minimum atomic E-state index is -0.987. The van der Waals surface area contributed by atoms with E-state index in [4.69, 9.17) is 11.6 Å². The van der Waals surface area contributed by atoms with Crippen LogP contribution in [0.25, 0.3) is 10.8 Å².